The zero-order valence-corrected chi connectivity index (χ0v) is 22.7. The van der Waals surface area contributed by atoms with Gasteiger partial charge >= 0.3 is 12.1 Å². The summed E-state index contributed by atoms with van der Waals surface area (Å²) in [7, 11) is 0. The highest BCUT2D eigenvalue weighted by Crippen LogP contribution is 2.44. The predicted octanol–water partition coefficient (Wildman–Crippen LogP) is 7.96. The molecule has 2 aromatic carbocycles. The van der Waals surface area contributed by atoms with Gasteiger partial charge in [0.25, 0.3) is 0 Å². The molecule has 1 heterocycles. The Balaban J connectivity index is 1.57. The lowest BCUT2D eigenvalue weighted by Crippen LogP contribution is -2.19. The van der Waals surface area contributed by atoms with Crippen LogP contribution >= 0.6 is 0 Å². The zero-order valence-electron chi connectivity index (χ0n) is 22.7. The number of hydrogen-bond acceptors (Lipinski definition) is 4. The van der Waals surface area contributed by atoms with Crippen molar-refractivity contribution in [3.63, 3.8) is 0 Å². The minimum Gasteiger partial charge on any atom is -0.487 e. The number of carboxylic acid groups (broad SMARTS) is 1. The van der Waals surface area contributed by atoms with E-state index in [2.05, 4.69) is 4.98 Å². The van der Waals surface area contributed by atoms with Crippen LogP contribution in [0.1, 0.15) is 62.6 Å². The van der Waals surface area contributed by atoms with E-state index in [4.69, 9.17) is 9.47 Å². The Labute approximate surface area is 231 Å². The molecule has 1 fully saturated rings. The van der Waals surface area contributed by atoms with Crippen molar-refractivity contribution in [2.75, 3.05) is 6.61 Å². The van der Waals surface area contributed by atoms with Crippen LogP contribution in [0.5, 0.6) is 11.5 Å². The van der Waals surface area contributed by atoms with E-state index in [1.165, 1.54) is 12.3 Å². The van der Waals surface area contributed by atoms with Gasteiger partial charge in [-0.2, -0.15) is 13.2 Å². The van der Waals surface area contributed by atoms with Crippen LogP contribution in [0.2, 0.25) is 0 Å². The summed E-state index contributed by atoms with van der Waals surface area (Å²) in [5.41, 5.74) is 2.70. The van der Waals surface area contributed by atoms with Gasteiger partial charge in [-0.3, -0.25) is 9.78 Å². The monoisotopic (exact) mass is 559 g/mol. The average Bonchev–Trinajstić information content (AvgIpc) is 3.70. The van der Waals surface area contributed by atoms with Gasteiger partial charge in [0.15, 0.2) is 6.61 Å². The van der Waals surface area contributed by atoms with Crippen molar-refractivity contribution in [3.8, 4) is 22.8 Å². The number of aromatic nitrogens is 1. The number of ether oxygens (including phenoxy) is 2. The summed E-state index contributed by atoms with van der Waals surface area (Å²) in [6, 6.07) is 13.0. The average molecular weight is 560 g/mol. The lowest BCUT2D eigenvalue weighted by molar-refractivity contribution is -0.153. The normalized spacial score (nSPS) is 14.6. The molecule has 0 aliphatic heterocycles. The fourth-order valence-electron chi connectivity index (χ4n) is 4.78. The van der Waals surface area contributed by atoms with Crippen LogP contribution in [0.3, 0.4) is 0 Å². The summed E-state index contributed by atoms with van der Waals surface area (Å²) in [6.45, 7) is 4.79. The number of hydrogen-bond donors (Lipinski definition) is 1. The number of carboxylic acids is 1. The minimum absolute atomic E-state index is 0.0254. The van der Waals surface area contributed by atoms with Crippen LogP contribution < -0.4 is 9.47 Å². The van der Waals surface area contributed by atoms with E-state index in [0.717, 1.165) is 36.1 Å². The molecule has 0 saturated heterocycles. The molecule has 3 aromatic rings. The van der Waals surface area contributed by atoms with E-state index in [9.17, 15) is 27.5 Å². The maximum absolute atomic E-state index is 14.9. The second-order valence-corrected chi connectivity index (χ2v) is 11.5. The fourth-order valence-corrected chi connectivity index (χ4v) is 4.78. The van der Waals surface area contributed by atoms with Gasteiger partial charge in [-0.25, -0.2) is 4.39 Å². The third-order valence-electron chi connectivity index (χ3n) is 6.63. The lowest BCUT2D eigenvalue weighted by atomic mass is 9.86. The molecule has 1 unspecified atom stereocenters. The number of benzene rings is 2. The molecule has 5 nitrogen and oxygen atoms in total. The van der Waals surface area contributed by atoms with Gasteiger partial charge in [0, 0.05) is 5.56 Å². The summed E-state index contributed by atoms with van der Waals surface area (Å²) in [5.74, 6) is -0.722. The van der Waals surface area contributed by atoms with Crippen molar-refractivity contribution >= 4 is 5.97 Å². The summed E-state index contributed by atoms with van der Waals surface area (Å²) < 4.78 is 63.6. The molecule has 1 aromatic heterocycles. The number of pyridine rings is 1. The largest absolute Gasteiger partial charge is 0.487 e. The molecule has 1 aliphatic rings. The number of halogens is 4. The van der Waals surface area contributed by atoms with Crippen LogP contribution in [0.15, 0.2) is 54.7 Å². The zero-order chi connectivity index (χ0) is 29.1. The Morgan fingerprint density at radius 3 is 2.45 bits per heavy atom. The van der Waals surface area contributed by atoms with E-state index in [0.29, 0.717) is 29.3 Å². The third-order valence-corrected chi connectivity index (χ3v) is 6.63. The van der Waals surface area contributed by atoms with Crippen molar-refractivity contribution in [1.82, 2.24) is 4.98 Å². The first-order valence-electron chi connectivity index (χ1n) is 13.2. The van der Waals surface area contributed by atoms with E-state index in [1.54, 1.807) is 6.07 Å². The van der Waals surface area contributed by atoms with Gasteiger partial charge in [0.1, 0.15) is 23.9 Å². The van der Waals surface area contributed by atoms with E-state index < -0.39 is 24.6 Å². The molecular weight excluding hydrogens is 526 g/mol. The van der Waals surface area contributed by atoms with Crippen LogP contribution in [0.25, 0.3) is 11.3 Å². The molecule has 40 heavy (non-hydrogen) atoms. The van der Waals surface area contributed by atoms with E-state index in [1.807, 2.05) is 45.0 Å². The number of aliphatic carboxylic acids is 1. The van der Waals surface area contributed by atoms with Crippen molar-refractivity contribution in [2.45, 2.75) is 65.2 Å². The molecule has 9 heteroatoms. The third kappa shape index (κ3) is 8.44. The summed E-state index contributed by atoms with van der Waals surface area (Å²) in [4.78, 5) is 15.8. The predicted molar refractivity (Wildman–Crippen MR) is 143 cm³/mol. The Kier molecular flexibility index (Phi) is 8.71. The molecule has 214 valence electrons. The molecule has 1 aliphatic carbocycles. The first-order chi connectivity index (χ1) is 18.8. The standard InChI is InChI=1S/C31H33F4NO4/c1-30(2,3)15-22-12-24(16-36-29(22)26-13-23(9-10-27(26)32)40-18-31(33,34)35)39-17-19-5-4-6-21(11-19)25(14-28(37)38)20-7-8-20/h4-6,9-13,16,20,25H,7-8,14-15,17-18H2,1-3H3,(H,37,38). The van der Waals surface area contributed by atoms with Gasteiger partial charge < -0.3 is 14.6 Å². The topological polar surface area (TPSA) is 68.7 Å². The number of alkyl halides is 3. The van der Waals surface area contributed by atoms with Gasteiger partial charge in [0.05, 0.1) is 18.3 Å². The number of nitrogens with zero attached hydrogens (tertiary/aromatic N) is 1. The van der Waals surface area contributed by atoms with Gasteiger partial charge in [-0.15, -0.1) is 0 Å². The maximum Gasteiger partial charge on any atom is 0.422 e. The smallest absolute Gasteiger partial charge is 0.422 e. The summed E-state index contributed by atoms with van der Waals surface area (Å²) in [5, 5.41) is 9.34. The Morgan fingerprint density at radius 2 is 1.80 bits per heavy atom. The Morgan fingerprint density at radius 1 is 1.05 bits per heavy atom. The van der Waals surface area contributed by atoms with Crippen molar-refractivity contribution in [2.24, 2.45) is 11.3 Å². The van der Waals surface area contributed by atoms with Crippen molar-refractivity contribution in [1.29, 1.82) is 0 Å². The SMILES string of the molecule is CC(C)(C)Cc1cc(OCc2cccc(C(CC(=O)O)C3CC3)c2)cnc1-c1cc(OCC(F)(F)F)ccc1F. The molecule has 0 amide bonds. The van der Waals surface area contributed by atoms with E-state index in [-0.39, 0.29) is 35.7 Å². The second-order valence-electron chi connectivity index (χ2n) is 11.5. The second kappa shape index (κ2) is 11.9. The van der Waals surface area contributed by atoms with Crippen LogP contribution in [-0.2, 0) is 17.8 Å². The molecule has 1 saturated carbocycles. The molecular formula is C31H33F4NO4. The quantitative estimate of drug-likeness (QED) is 0.241. The highest BCUT2D eigenvalue weighted by atomic mass is 19.4. The van der Waals surface area contributed by atoms with Crippen molar-refractivity contribution < 1.29 is 36.9 Å². The molecule has 1 N–H and O–H groups in total. The Hall–Kier alpha value is -3.62. The summed E-state index contributed by atoms with van der Waals surface area (Å²) >= 11 is 0. The molecule has 4 rings (SSSR count). The minimum atomic E-state index is -4.52. The number of rotatable bonds is 11. The van der Waals surface area contributed by atoms with Crippen LogP contribution in [0, 0.1) is 17.2 Å². The van der Waals surface area contributed by atoms with Gasteiger partial charge in [-0.05, 0) is 77.5 Å². The number of carbonyl (C=O) groups is 1. The fraction of sp³-hybridized carbons (Fsp3) is 0.419. The first-order valence-corrected chi connectivity index (χ1v) is 13.2. The maximum atomic E-state index is 14.9. The van der Waals surface area contributed by atoms with E-state index >= 15 is 0 Å². The van der Waals surface area contributed by atoms with Gasteiger partial charge in [-0.1, -0.05) is 45.0 Å². The van der Waals surface area contributed by atoms with Gasteiger partial charge in [0.2, 0.25) is 0 Å². The first kappa shape index (κ1) is 29.4. The van der Waals surface area contributed by atoms with Crippen LogP contribution in [-0.4, -0.2) is 28.8 Å². The highest BCUT2D eigenvalue weighted by Gasteiger charge is 2.34. The Bertz CT molecular complexity index is 1350. The molecule has 1 atom stereocenters. The van der Waals surface area contributed by atoms with Crippen molar-refractivity contribution in [3.05, 3.63) is 77.2 Å². The lowest BCUT2D eigenvalue weighted by Gasteiger charge is -2.21. The molecule has 0 spiro atoms. The molecule has 0 radical (unpaired) electrons. The molecule has 0 bridgehead atoms. The van der Waals surface area contributed by atoms with Crippen LogP contribution in [0.4, 0.5) is 17.6 Å². The summed E-state index contributed by atoms with van der Waals surface area (Å²) in [6.07, 6.45) is -0.386. The highest BCUT2D eigenvalue weighted by molar-refractivity contribution is 5.68.